The van der Waals surface area contributed by atoms with Crippen molar-refractivity contribution in [1.82, 2.24) is 40.3 Å². The molecule has 3 aromatic heterocycles. The molecule has 4 aromatic rings. The lowest BCUT2D eigenvalue weighted by Crippen LogP contribution is -2.31. The van der Waals surface area contributed by atoms with Crippen LogP contribution in [0.1, 0.15) is 57.3 Å². The highest BCUT2D eigenvalue weighted by Crippen LogP contribution is 2.26. The van der Waals surface area contributed by atoms with Crippen LogP contribution in [0.15, 0.2) is 36.5 Å². The lowest BCUT2D eigenvalue weighted by atomic mass is 10.0. The summed E-state index contributed by atoms with van der Waals surface area (Å²) in [5.41, 5.74) is 0.401. The molecule has 0 radical (unpaired) electrons. The van der Waals surface area contributed by atoms with Crippen LogP contribution in [0.25, 0.3) is 5.82 Å². The third-order valence-corrected chi connectivity index (χ3v) is 5.31. The quantitative estimate of drug-likeness (QED) is 0.329. The van der Waals surface area contributed by atoms with Gasteiger partial charge in [-0.25, -0.2) is 14.1 Å². The number of benzene rings is 1. The minimum Gasteiger partial charge on any atom is -0.350 e. The minimum absolute atomic E-state index is 0.0143. The molecular weight excluding hydrogens is 536 g/mol. The molecule has 0 saturated carbocycles. The third kappa shape index (κ3) is 5.93. The number of nitrogens with one attached hydrogen (secondary N) is 2. The molecule has 1 aromatic carbocycles. The summed E-state index contributed by atoms with van der Waals surface area (Å²) in [6.07, 6.45) is -3.56. The second kappa shape index (κ2) is 10.9. The number of anilines is 1. The van der Waals surface area contributed by atoms with Crippen molar-refractivity contribution in [2.75, 3.05) is 5.32 Å². The molecule has 12 nitrogen and oxygen atoms in total. The summed E-state index contributed by atoms with van der Waals surface area (Å²) in [6, 6.07) is 8.08. The number of tetrazole rings is 1. The molecule has 0 aliphatic rings. The van der Waals surface area contributed by atoms with E-state index in [2.05, 4.69) is 36.1 Å². The lowest BCUT2D eigenvalue weighted by molar-refractivity contribution is -0.145. The van der Waals surface area contributed by atoms with Crippen LogP contribution in [0.2, 0.25) is 0 Å². The first-order valence-electron chi connectivity index (χ1n) is 11.6. The summed E-state index contributed by atoms with van der Waals surface area (Å²) >= 11 is 0. The van der Waals surface area contributed by atoms with Crippen LogP contribution in [0.5, 0.6) is 0 Å². The van der Waals surface area contributed by atoms with Crippen LogP contribution >= 0.6 is 0 Å². The van der Waals surface area contributed by atoms with Gasteiger partial charge in [-0.05, 0) is 61.9 Å². The molecule has 3 heterocycles. The summed E-state index contributed by atoms with van der Waals surface area (Å²) in [5, 5.41) is 28.4. The topological polar surface area (TPSA) is 156 Å². The van der Waals surface area contributed by atoms with Crippen molar-refractivity contribution in [1.29, 1.82) is 5.26 Å². The Morgan fingerprint density at radius 3 is 2.52 bits per heavy atom. The largest absolute Gasteiger partial charge is 0.455 e. The van der Waals surface area contributed by atoms with Crippen LogP contribution in [-0.2, 0) is 12.7 Å². The van der Waals surface area contributed by atoms with E-state index in [0.717, 1.165) is 10.7 Å². The number of carbonyl (C=O) groups is 2. The van der Waals surface area contributed by atoms with E-state index < -0.39 is 36.2 Å². The molecule has 16 heteroatoms. The number of pyridine rings is 1. The van der Waals surface area contributed by atoms with Crippen molar-refractivity contribution in [2.45, 2.75) is 39.5 Å². The van der Waals surface area contributed by atoms with Gasteiger partial charge in [-0.15, -0.1) is 10.2 Å². The number of aryl methyl sites for hydroxylation is 1. The van der Waals surface area contributed by atoms with E-state index in [9.17, 15) is 32.4 Å². The fourth-order valence-corrected chi connectivity index (χ4v) is 3.65. The summed E-state index contributed by atoms with van der Waals surface area (Å²) in [7, 11) is 0. The van der Waals surface area contributed by atoms with Crippen molar-refractivity contribution < 1.29 is 27.2 Å². The zero-order chi connectivity index (χ0) is 29.2. The molecule has 0 aliphatic heterocycles. The SMILES string of the molecule is Cc1cc(C#N)cc(C(=O)NC(C)C)c1NC(=O)c1cc(Cn2nnc(C(F)(F)F)n2)nn1-c1ncccc1F. The van der Waals surface area contributed by atoms with Crippen LogP contribution in [0, 0.1) is 24.1 Å². The van der Waals surface area contributed by atoms with Gasteiger partial charge in [-0.2, -0.15) is 28.3 Å². The maximum absolute atomic E-state index is 14.7. The Hall–Kier alpha value is -5.20. The molecule has 206 valence electrons. The van der Waals surface area contributed by atoms with Crippen LogP contribution in [0.4, 0.5) is 23.2 Å². The number of aromatic nitrogens is 7. The maximum atomic E-state index is 14.7. The fourth-order valence-electron chi connectivity index (χ4n) is 3.65. The number of nitrogens with zero attached hydrogens (tertiary/aromatic N) is 8. The van der Waals surface area contributed by atoms with Crippen molar-refractivity contribution >= 4 is 17.5 Å². The second-order valence-electron chi connectivity index (χ2n) is 8.79. The van der Waals surface area contributed by atoms with Gasteiger partial charge in [0.2, 0.25) is 0 Å². The fraction of sp³-hybridized carbons (Fsp3) is 0.250. The average Bonchev–Trinajstić information content (AvgIpc) is 3.52. The zero-order valence-electron chi connectivity index (χ0n) is 21.2. The number of rotatable bonds is 7. The summed E-state index contributed by atoms with van der Waals surface area (Å²) in [5.74, 6) is -4.07. The molecule has 0 saturated heterocycles. The predicted octanol–water partition coefficient (Wildman–Crippen LogP) is 3.03. The normalized spacial score (nSPS) is 11.4. The van der Waals surface area contributed by atoms with Crippen molar-refractivity contribution in [3.8, 4) is 11.9 Å². The smallest absolute Gasteiger partial charge is 0.350 e. The van der Waals surface area contributed by atoms with Gasteiger partial charge in [0.25, 0.3) is 17.6 Å². The first-order valence-corrected chi connectivity index (χ1v) is 11.6. The Morgan fingerprint density at radius 2 is 1.90 bits per heavy atom. The Labute approximate surface area is 223 Å². The molecule has 4 rings (SSSR count). The van der Waals surface area contributed by atoms with Gasteiger partial charge in [0.05, 0.1) is 28.6 Å². The first kappa shape index (κ1) is 27.8. The van der Waals surface area contributed by atoms with E-state index in [4.69, 9.17) is 0 Å². The average molecular weight is 556 g/mol. The first-order chi connectivity index (χ1) is 18.9. The number of nitriles is 1. The molecule has 0 unspecified atom stereocenters. The van der Waals surface area contributed by atoms with E-state index in [1.54, 1.807) is 20.8 Å². The van der Waals surface area contributed by atoms with Gasteiger partial charge >= 0.3 is 6.18 Å². The number of amides is 2. The molecular formula is C24H20F4N10O2. The summed E-state index contributed by atoms with van der Waals surface area (Å²) in [6.45, 7) is 4.61. The number of hydrogen-bond acceptors (Lipinski definition) is 8. The highest BCUT2D eigenvalue weighted by molar-refractivity contribution is 6.09. The van der Waals surface area contributed by atoms with E-state index in [-0.39, 0.29) is 40.1 Å². The van der Waals surface area contributed by atoms with Gasteiger partial charge in [0, 0.05) is 12.2 Å². The Balaban J connectivity index is 1.75. The lowest BCUT2D eigenvalue weighted by Gasteiger charge is -2.16. The molecule has 40 heavy (non-hydrogen) atoms. The van der Waals surface area contributed by atoms with Crippen molar-refractivity contribution in [3.05, 3.63) is 76.2 Å². The number of hydrogen-bond donors (Lipinski definition) is 2. The number of carbonyl (C=O) groups excluding carboxylic acids is 2. The molecule has 2 N–H and O–H groups in total. The highest BCUT2D eigenvalue weighted by atomic mass is 19.4. The molecule has 2 amide bonds. The van der Waals surface area contributed by atoms with Gasteiger partial charge < -0.3 is 10.6 Å². The van der Waals surface area contributed by atoms with Crippen LogP contribution in [0.3, 0.4) is 0 Å². The van der Waals surface area contributed by atoms with Gasteiger partial charge in [-0.1, -0.05) is 0 Å². The third-order valence-electron chi connectivity index (χ3n) is 5.31. The van der Waals surface area contributed by atoms with Crippen molar-refractivity contribution in [2.24, 2.45) is 0 Å². The molecule has 0 atom stereocenters. The predicted molar refractivity (Wildman–Crippen MR) is 130 cm³/mol. The standard InChI is InChI=1S/C24H20F4N10O2/c1-12(2)31-21(39)16-8-14(10-29)7-13(3)19(16)32-22(40)18-9-15(11-37-35-23(33-36-37)24(26,27)28)34-38(18)20-17(25)5-4-6-30-20/h4-9,12H,11H2,1-3H3,(H,31,39)(H,32,40). The van der Waals surface area contributed by atoms with Gasteiger partial charge in [0.1, 0.15) is 12.2 Å². The van der Waals surface area contributed by atoms with E-state index in [1.165, 1.54) is 30.5 Å². The number of halogens is 4. The zero-order valence-corrected chi connectivity index (χ0v) is 21.2. The molecule has 0 bridgehead atoms. The van der Waals surface area contributed by atoms with E-state index in [1.807, 2.05) is 6.07 Å². The summed E-state index contributed by atoms with van der Waals surface area (Å²) in [4.78, 5) is 30.9. The van der Waals surface area contributed by atoms with Gasteiger partial charge in [0.15, 0.2) is 11.6 Å². The highest BCUT2D eigenvalue weighted by Gasteiger charge is 2.37. The minimum atomic E-state index is -4.82. The Morgan fingerprint density at radius 1 is 1.15 bits per heavy atom. The van der Waals surface area contributed by atoms with Gasteiger partial charge in [-0.3, -0.25) is 9.59 Å². The molecule has 0 spiro atoms. The second-order valence-corrected chi connectivity index (χ2v) is 8.79. The van der Waals surface area contributed by atoms with E-state index >= 15 is 0 Å². The Kier molecular flexibility index (Phi) is 7.57. The van der Waals surface area contributed by atoms with Crippen LogP contribution < -0.4 is 10.6 Å². The van der Waals surface area contributed by atoms with Crippen molar-refractivity contribution in [3.63, 3.8) is 0 Å². The summed E-state index contributed by atoms with van der Waals surface area (Å²) < 4.78 is 54.2. The monoisotopic (exact) mass is 556 g/mol. The molecule has 0 fully saturated rings. The van der Waals surface area contributed by atoms with Crippen LogP contribution in [-0.4, -0.2) is 52.8 Å². The Bertz CT molecular complexity index is 1640. The van der Waals surface area contributed by atoms with E-state index in [0.29, 0.717) is 10.4 Å². The molecule has 0 aliphatic carbocycles. The maximum Gasteiger partial charge on any atom is 0.455 e. The number of alkyl halides is 3.